The molecule has 1 spiro atoms. The first-order valence-electron chi connectivity index (χ1n) is 10.9. The number of hydrogen-bond acceptors (Lipinski definition) is 4. The van der Waals surface area contributed by atoms with Gasteiger partial charge in [-0.2, -0.15) is 13.2 Å². The molecule has 6 nitrogen and oxygen atoms in total. The Hall–Kier alpha value is -2.94. The quantitative estimate of drug-likeness (QED) is 0.740. The zero-order chi connectivity index (χ0) is 24.1. The summed E-state index contributed by atoms with van der Waals surface area (Å²) in [6.45, 7) is 5.96. The van der Waals surface area contributed by atoms with E-state index >= 15 is 0 Å². The number of benzene rings is 1. The van der Waals surface area contributed by atoms with Crippen molar-refractivity contribution >= 4 is 11.9 Å². The predicted molar refractivity (Wildman–Crippen MR) is 116 cm³/mol. The molecule has 0 aliphatic carbocycles. The van der Waals surface area contributed by atoms with Crippen molar-refractivity contribution in [2.24, 2.45) is 0 Å². The lowest BCUT2D eigenvalue weighted by Crippen LogP contribution is -2.52. The summed E-state index contributed by atoms with van der Waals surface area (Å²) in [5, 5.41) is 7.12. The van der Waals surface area contributed by atoms with Crippen LogP contribution < -0.4 is 0 Å². The Labute approximate surface area is 191 Å². The van der Waals surface area contributed by atoms with Gasteiger partial charge >= 0.3 is 12.1 Å². The lowest BCUT2D eigenvalue weighted by molar-refractivity contribution is -0.192. The van der Waals surface area contributed by atoms with Crippen molar-refractivity contribution in [3.8, 4) is 0 Å². The summed E-state index contributed by atoms with van der Waals surface area (Å²) >= 11 is 0. The number of amides is 1. The van der Waals surface area contributed by atoms with E-state index < -0.39 is 12.1 Å². The van der Waals surface area contributed by atoms with Crippen LogP contribution in [0.15, 0.2) is 54.9 Å². The number of carbonyl (C=O) groups is 2. The Kier molecular flexibility index (Phi) is 7.73. The molecule has 9 heteroatoms. The van der Waals surface area contributed by atoms with Crippen LogP contribution in [0.25, 0.3) is 0 Å². The Morgan fingerprint density at radius 1 is 1.15 bits per heavy atom. The smallest absolute Gasteiger partial charge is 0.475 e. The number of likely N-dealkylation sites (tertiary alicyclic amines) is 2. The van der Waals surface area contributed by atoms with E-state index in [1.807, 2.05) is 36.7 Å². The van der Waals surface area contributed by atoms with E-state index in [0.29, 0.717) is 5.91 Å². The first kappa shape index (κ1) is 24.7. The topological polar surface area (TPSA) is 73.7 Å². The van der Waals surface area contributed by atoms with E-state index in [4.69, 9.17) is 9.90 Å². The molecule has 4 rings (SSSR count). The summed E-state index contributed by atoms with van der Waals surface area (Å²) in [6.07, 6.45) is 1.78. The average Bonchev–Trinajstić information content (AvgIpc) is 3.07. The number of carbonyl (C=O) groups excluding carboxylic acids is 1. The van der Waals surface area contributed by atoms with Gasteiger partial charge in [0.15, 0.2) is 0 Å². The molecule has 1 aromatic carbocycles. The molecule has 2 fully saturated rings. The molecule has 1 amide bonds. The summed E-state index contributed by atoms with van der Waals surface area (Å²) in [5.41, 5.74) is 2.48. The summed E-state index contributed by atoms with van der Waals surface area (Å²) in [5.74, 6) is -2.41. The number of likely N-dealkylation sites (N-methyl/N-ethyl adjacent to an activating group) is 1. The van der Waals surface area contributed by atoms with Crippen LogP contribution in [-0.2, 0) is 16.1 Å². The number of aromatic nitrogens is 1. The fourth-order valence-corrected chi connectivity index (χ4v) is 4.79. The first-order chi connectivity index (χ1) is 15.7. The van der Waals surface area contributed by atoms with Crippen molar-refractivity contribution in [1.29, 1.82) is 0 Å². The SMILES string of the molecule is CCN1C(=O)C(c2ccccc2)CC12CCN(Cc1cccnc1)CC2.O=C(O)C(F)(F)F. The van der Waals surface area contributed by atoms with E-state index in [-0.39, 0.29) is 11.5 Å². The van der Waals surface area contributed by atoms with Gasteiger partial charge in [-0.25, -0.2) is 4.79 Å². The van der Waals surface area contributed by atoms with E-state index in [2.05, 4.69) is 39.9 Å². The minimum Gasteiger partial charge on any atom is -0.475 e. The second-order valence-corrected chi connectivity index (χ2v) is 8.41. The van der Waals surface area contributed by atoms with Gasteiger partial charge in [0, 0.05) is 44.1 Å². The third-order valence-electron chi connectivity index (χ3n) is 6.40. The zero-order valence-electron chi connectivity index (χ0n) is 18.5. The maximum atomic E-state index is 13.1. The Morgan fingerprint density at radius 2 is 1.79 bits per heavy atom. The van der Waals surface area contributed by atoms with Crippen LogP contribution in [0, 0.1) is 0 Å². The van der Waals surface area contributed by atoms with Gasteiger partial charge in [0.1, 0.15) is 0 Å². The largest absolute Gasteiger partial charge is 0.490 e. The minimum atomic E-state index is -5.08. The van der Waals surface area contributed by atoms with Crippen molar-refractivity contribution in [2.75, 3.05) is 19.6 Å². The van der Waals surface area contributed by atoms with Crippen LogP contribution in [0.2, 0.25) is 0 Å². The van der Waals surface area contributed by atoms with Crippen molar-refractivity contribution in [3.05, 3.63) is 66.0 Å². The number of aliphatic carboxylic acids is 1. The molecule has 1 atom stereocenters. The van der Waals surface area contributed by atoms with E-state index in [1.54, 1.807) is 0 Å². The normalized spacial score (nSPS) is 20.4. The fourth-order valence-electron chi connectivity index (χ4n) is 4.79. The molecule has 1 unspecified atom stereocenters. The van der Waals surface area contributed by atoms with E-state index in [1.165, 1.54) is 11.1 Å². The van der Waals surface area contributed by atoms with Crippen LogP contribution in [0.4, 0.5) is 13.2 Å². The third kappa shape index (κ3) is 5.90. The number of rotatable bonds is 4. The lowest BCUT2D eigenvalue weighted by Gasteiger charge is -2.44. The minimum absolute atomic E-state index is 0.0287. The van der Waals surface area contributed by atoms with Gasteiger partial charge in [0.2, 0.25) is 5.91 Å². The number of piperidine rings is 1. The van der Waals surface area contributed by atoms with E-state index in [9.17, 15) is 18.0 Å². The van der Waals surface area contributed by atoms with Gasteiger partial charge < -0.3 is 10.0 Å². The van der Waals surface area contributed by atoms with Crippen molar-refractivity contribution in [3.63, 3.8) is 0 Å². The Morgan fingerprint density at radius 3 is 2.30 bits per heavy atom. The molecular formula is C24H28F3N3O3. The van der Waals surface area contributed by atoms with Crippen LogP contribution in [0.1, 0.15) is 43.2 Å². The highest BCUT2D eigenvalue weighted by Gasteiger charge is 2.51. The van der Waals surface area contributed by atoms with Gasteiger partial charge in [-0.15, -0.1) is 0 Å². The number of carboxylic acid groups (broad SMARTS) is 1. The molecule has 0 radical (unpaired) electrons. The number of pyridine rings is 1. The van der Waals surface area contributed by atoms with Crippen LogP contribution in [-0.4, -0.2) is 63.1 Å². The molecule has 0 saturated carbocycles. The maximum absolute atomic E-state index is 13.1. The summed E-state index contributed by atoms with van der Waals surface area (Å²) in [4.78, 5) is 30.9. The second-order valence-electron chi connectivity index (χ2n) is 8.41. The van der Waals surface area contributed by atoms with Gasteiger partial charge in [-0.05, 0) is 43.4 Å². The van der Waals surface area contributed by atoms with Crippen LogP contribution in [0.5, 0.6) is 0 Å². The summed E-state index contributed by atoms with van der Waals surface area (Å²) in [7, 11) is 0. The number of carboxylic acids is 1. The number of halogens is 3. The molecule has 1 N–H and O–H groups in total. The highest BCUT2D eigenvalue weighted by molar-refractivity contribution is 5.87. The highest BCUT2D eigenvalue weighted by Crippen LogP contribution is 2.45. The number of nitrogens with zero attached hydrogens (tertiary/aromatic N) is 3. The van der Waals surface area contributed by atoms with Crippen molar-refractivity contribution in [1.82, 2.24) is 14.8 Å². The van der Waals surface area contributed by atoms with Crippen molar-refractivity contribution in [2.45, 2.75) is 50.4 Å². The van der Waals surface area contributed by atoms with E-state index in [0.717, 1.165) is 45.4 Å². The van der Waals surface area contributed by atoms with Gasteiger partial charge in [0.25, 0.3) is 0 Å². The maximum Gasteiger partial charge on any atom is 0.490 e. The molecule has 2 saturated heterocycles. The Balaban J connectivity index is 0.000000383. The van der Waals surface area contributed by atoms with Crippen molar-refractivity contribution < 1.29 is 27.9 Å². The standard InChI is InChI=1S/C22H27N3O.C2HF3O2/c1-2-25-21(26)20(19-8-4-3-5-9-19)15-22(25)10-13-24(14-11-22)17-18-7-6-12-23-16-18;3-2(4,5)1(6)7/h3-9,12,16,20H,2,10-11,13-15,17H2,1H3;(H,6,7). The number of alkyl halides is 3. The van der Waals surface area contributed by atoms with Gasteiger partial charge in [-0.3, -0.25) is 14.7 Å². The van der Waals surface area contributed by atoms with Gasteiger partial charge in [0.05, 0.1) is 5.92 Å². The molecule has 1 aromatic heterocycles. The second kappa shape index (κ2) is 10.3. The number of hydrogen-bond donors (Lipinski definition) is 1. The highest BCUT2D eigenvalue weighted by atomic mass is 19.4. The molecule has 0 bridgehead atoms. The molecule has 2 aliphatic rings. The predicted octanol–water partition coefficient (Wildman–Crippen LogP) is 4.09. The fraction of sp³-hybridized carbons (Fsp3) is 0.458. The van der Waals surface area contributed by atoms with Gasteiger partial charge in [-0.1, -0.05) is 36.4 Å². The average molecular weight is 464 g/mol. The summed E-state index contributed by atoms with van der Waals surface area (Å²) < 4.78 is 31.7. The first-order valence-corrected chi connectivity index (χ1v) is 10.9. The third-order valence-corrected chi connectivity index (χ3v) is 6.40. The molecule has 178 valence electrons. The molecular weight excluding hydrogens is 435 g/mol. The zero-order valence-corrected chi connectivity index (χ0v) is 18.5. The molecule has 3 heterocycles. The molecule has 33 heavy (non-hydrogen) atoms. The molecule has 2 aromatic rings. The van der Waals surface area contributed by atoms with Crippen LogP contribution >= 0.6 is 0 Å². The monoisotopic (exact) mass is 463 g/mol. The summed E-state index contributed by atoms with van der Waals surface area (Å²) in [6, 6.07) is 14.5. The Bertz CT molecular complexity index is 930. The molecule has 2 aliphatic heterocycles. The lowest BCUT2D eigenvalue weighted by atomic mass is 9.81. The van der Waals surface area contributed by atoms with Crippen LogP contribution in [0.3, 0.4) is 0 Å².